The van der Waals surface area contributed by atoms with E-state index in [2.05, 4.69) is 0 Å². The molecule has 2 aromatic carbocycles. The molecule has 1 spiro atoms. The standard InChI is InChI=1S/C22H16F2N2O2S2/c23-16-6-3-7-17(24)14(16)13-25-18-8-2-1-5-15(18)22(21(25)28)26(10-12-30-22)20(27)19-9-4-11-29-19/h1-9,11H,10,12-13H2. The molecule has 3 aromatic rings. The van der Waals surface area contributed by atoms with Gasteiger partial charge in [-0.1, -0.05) is 30.3 Å². The van der Waals surface area contributed by atoms with Gasteiger partial charge in [0.25, 0.3) is 11.8 Å². The van der Waals surface area contributed by atoms with Crippen molar-refractivity contribution in [3.05, 3.63) is 87.6 Å². The van der Waals surface area contributed by atoms with Crippen LogP contribution >= 0.6 is 23.1 Å². The van der Waals surface area contributed by atoms with Gasteiger partial charge in [0.05, 0.1) is 17.1 Å². The molecule has 0 N–H and O–H groups in total. The fourth-order valence-electron chi connectivity index (χ4n) is 4.10. The van der Waals surface area contributed by atoms with Gasteiger partial charge < -0.3 is 9.80 Å². The number of anilines is 1. The molecule has 2 aliphatic rings. The Bertz CT molecular complexity index is 1130. The first-order chi connectivity index (χ1) is 14.5. The monoisotopic (exact) mass is 442 g/mol. The van der Waals surface area contributed by atoms with Crippen LogP contribution in [0.4, 0.5) is 14.5 Å². The van der Waals surface area contributed by atoms with Gasteiger partial charge in [-0.2, -0.15) is 0 Å². The number of thiophene rings is 1. The van der Waals surface area contributed by atoms with Crippen molar-refractivity contribution in [3.63, 3.8) is 0 Å². The van der Waals surface area contributed by atoms with Crippen molar-refractivity contribution in [3.8, 4) is 0 Å². The van der Waals surface area contributed by atoms with Gasteiger partial charge in [0.2, 0.25) is 0 Å². The predicted octanol–water partition coefficient (Wildman–Crippen LogP) is 4.62. The maximum absolute atomic E-state index is 14.3. The molecule has 0 aliphatic carbocycles. The average molecular weight is 443 g/mol. The highest BCUT2D eigenvalue weighted by Crippen LogP contribution is 2.54. The maximum Gasteiger partial charge on any atom is 0.268 e. The second-order valence-corrected chi connectivity index (χ2v) is 9.27. The van der Waals surface area contributed by atoms with E-state index in [0.717, 1.165) is 0 Å². The molecule has 2 aliphatic heterocycles. The minimum atomic E-state index is -1.22. The number of halogens is 2. The van der Waals surface area contributed by atoms with E-state index in [1.807, 2.05) is 17.5 Å². The lowest BCUT2D eigenvalue weighted by molar-refractivity contribution is -0.123. The minimum absolute atomic E-state index is 0.170. The van der Waals surface area contributed by atoms with Crippen molar-refractivity contribution < 1.29 is 18.4 Å². The van der Waals surface area contributed by atoms with E-state index < -0.39 is 16.5 Å². The molecule has 8 heteroatoms. The Hall–Kier alpha value is -2.71. The molecule has 1 aromatic heterocycles. The largest absolute Gasteiger partial charge is 0.310 e. The highest BCUT2D eigenvalue weighted by Gasteiger charge is 2.59. The molecular weight excluding hydrogens is 426 g/mol. The molecule has 1 unspecified atom stereocenters. The van der Waals surface area contributed by atoms with E-state index in [0.29, 0.717) is 28.4 Å². The van der Waals surface area contributed by atoms with Crippen LogP contribution in [0, 0.1) is 11.6 Å². The van der Waals surface area contributed by atoms with Crippen molar-refractivity contribution in [2.45, 2.75) is 11.4 Å². The van der Waals surface area contributed by atoms with Crippen LogP contribution in [0.1, 0.15) is 20.8 Å². The quantitative estimate of drug-likeness (QED) is 0.595. The zero-order valence-electron chi connectivity index (χ0n) is 15.7. The van der Waals surface area contributed by atoms with Crippen LogP contribution in [0.25, 0.3) is 0 Å². The van der Waals surface area contributed by atoms with E-state index in [1.54, 1.807) is 29.2 Å². The van der Waals surface area contributed by atoms with Crippen molar-refractivity contribution in [1.82, 2.24) is 4.90 Å². The fourth-order valence-corrected chi connectivity index (χ4v) is 6.23. The Kier molecular flexibility index (Phi) is 4.63. The van der Waals surface area contributed by atoms with Crippen LogP contribution in [0.5, 0.6) is 0 Å². The summed E-state index contributed by atoms with van der Waals surface area (Å²) in [6, 6.07) is 14.4. The lowest BCUT2D eigenvalue weighted by Gasteiger charge is -2.33. The first kappa shape index (κ1) is 19.3. The van der Waals surface area contributed by atoms with Crippen molar-refractivity contribution in [1.29, 1.82) is 0 Å². The summed E-state index contributed by atoms with van der Waals surface area (Å²) >= 11 is 2.72. The SMILES string of the molecule is O=C(c1cccs1)N1CCSC12C(=O)N(Cc1c(F)cccc1F)c1ccccc12. The average Bonchev–Trinajstić information content (AvgIpc) is 3.47. The van der Waals surface area contributed by atoms with Crippen LogP contribution in [0.15, 0.2) is 60.0 Å². The smallest absolute Gasteiger partial charge is 0.268 e. The third-order valence-corrected chi connectivity index (χ3v) is 7.73. The molecule has 1 atom stereocenters. The Balaban J connectivity index is 1.61. The summed E-state index contributed by atoms with van der Waals surface area (Å²) in [4.78, 5) is 29.3. The molecule has 0 radical (unpaired) electrons. The summed E-state index contributed by atoms with van der Waals surface area (Å²) in [6.45, 7) is 0.182. The topological polar surface area (TPSA) is 40.6 Å². The van der Waals surface area contributed by atoms with Gasteiger partial charge >= 0.3 is 0 Å². The van der Waals surface area contributed by atoms with Crippen LogP contribution in [0.3, 0.4) is 0 Å². The lowest BCUT2D eigenvalue weighted by Crippen LogP contribution is -2.50. The van der Waals surface area contributed by atoms with Gasteiger partial charge in [0, 0.05) is 23.4 Å². The zero-order chi connectivity index (χ0) is 20.9. The molecule has 5 rings (SSSR count). The van der Waals surface area contributed by atoms with E-state index in [9.17, 15) is 18.4 Å². The molecular formula is C22H16F2N2O2S2. The normalized spacial score (nSPS) is 20.3. The second-order valence-electron chi connectivity index (χ2n) is 7.04. The number of amides is 2. The third kappa shape index (κ3) is 2.70. The molecule has 152 valence electrons. The number of carbonyl (C=O) groups excluding carboxylic acids is 2. The summed E-state index contributed by atoms with van der Waals surface area (Å²) in [5.74, 6) is -1.37. The molecule has 0 saturated carbocycles. The second kappa shape index (κ2) is 7.21. The third-order valence-electron chi connectivity index (χ3n) is 5.46. The molecule has 2 amide bonds. The Morgan fingerprint density at radius 2 is 1.80 bits per heavy atom. The van der Waals surface area contributed by atoms with E-state index in [-0.39, 0.29) is 23.9 Å². The fraction of sp³-hybridized carbons (Fsp3) is 0.182. The molecule has 1 saturated heterocycles. The van der Waals surface area contributed by atoms with Crippen molar-refractivity contribution >= 4 is 40.6 Å². The van der Waals surface area contributed by atoms with Crippen molar-refractivity contribution in [2.24, 2.45) is 0 Å². The van der Waals surface area contributed by atoms with Crippen LogP contribution in [0.2, 0.25) is 0 Å². The maximum atomic E-state index is 14.3. The first-order valence-corrected chi connectivity index (χ1v) is 11.2. The summed E-state index contributed by atoms with van der Waals surface area (Å²) in [6.07, 6.45) is 0. The zero-order valence-corrected chi connectivity index (χ0v) is 17.3. The highest BCUT2D eigenvalue weighted by atomic mass is 32.2. The molecule has 0 bridgehead atoms. The van der Waals surface area contributed by atoms with Gasteiger partial charge in [0.1, 0.15) is 11.6 Å². The molecule has 1 fully saturated rings. The number of thioether (sulfide) groups is 1. The Morgan fingerprint density at radius 1 is 1.03 bits per heavy atom. The van der Waals surface area contributed by atoms with Gasteiger partial charge in [-0.3, -0.25) is 9.59 Å². The number of carbonyl (C=O) groups is 2. The first-order valence-electron chi connectivity index (χ1n) is 9.38. The number of hydrogen-bond donors (Lipinski definition) is 0. The van der Waals surface area contributed by atoms with Crippen molar-refractivity contribution in [2.75, 3.05) is 17.2 Å². The summed E-state index contributed by atoms with van der Waals surface area (Å²) in [7, 11) is 0. The van der Waals surface area contributed by atoms with Crippen LogP contribution in [-0.4, -0.2) is 29.0 Å². The number of hydrogen-bond acceptors (Lipinski definition) is 4. The Morgan fingerprint density at radius 3 is 2.53 bits per heavy atom. The number of rotatable bonds is 3. The number of nitrogens with zero attached hydrogens (tertiary/aromatic N) is 2. The van der Waals surface area contributed by atoms with Gasteiger partial charge in [-0.15, -0.1) is 23.1 Å². The van der Waals surface area contributed by atoms with E-state index >= 15 is 0 Å². The molecule has 3 heterocycles. The molecule has 4 nitrogen and oxygen atoms in total. The van der Waals surface area contributed by atoms with Gasteiger partial charge in [0.15, 0.2) is 4.87 Å². The van der Waals surface area contributed by atoms with Crippen LogP contribution < -0.4 is 4.90 Å². The number of fused-ring (bicyclic) bond motifs is 2. The number of benzene rings is 2. The Labute approximate surface area is 180 Å². The summed E-state index contributed by atoms with van der Waals surface area (Å²) in [5.41, 5.74) is 1.08. The van der Waals surface area contributed by atoms with Gasteiger partial charge in [-0.25, -0.2) is 8.78 Å². The minimum Gasteiger partial charge on any atom is -0.310 e. The van der Waals surface area contributed by atoms with E-state index in [4.69, 9.17) is 0 Å². The predicted molar refractivity (Wildman–Crippen MR) is 113 cm³/mol. The lowest BCUT2D eigenvalue weighted by atomic mass is 10.1. The summed E-state index contributed by atoms with van der Waals surface area (Å²) in [5, 5.41) is 1.82. The van der Waals surface area contributed by atoms with Crippen LogP contribution in [-0.2, 0) is 16.2 Å². The van der Waals surface area contributed by atoms with Gasteiger partial charge in [-0.05, 0) is 29.6 Å². The molecule has 30 heavy (non-hydrogen) atoms. The van der Waals surface area contributed by atoms with E-state index in [1.165, 1.54) is 46.2 Å². The number of para-hydroxylation sites is 1. The highest BCUT2D eigenvalue weighted by molar-refractivity contribution is 8.01. The summed E-state index contributed by atoms with van der Waals surface area (Å²) < 4.78 is 28.6.